The van der Waals surface area contributed by atoms with E-state index in [1.807, 2.05) is 33.3 Å². The van der Waals surface area contributed by atoms with Gasteiger partial charge in [-0.3, -0.25) is 14.2 Å². The van der Waals surface area contributed by atoms with Crippen LogP contribution in [0.3, 0.4) is 0 Å². The quantitative estimate of drug-likeness (QED) is 0.0195. The highest BCUT2D eigenvalue weighted by atomic mass is 31.2. The zero-order chi connectivity index (χ0) is 55.6. The summed E-state index contributed by atoms with van der Waals surface area (Å²) in [7, 11) is 1.06. The van der Waals surface area contributed by atoms with Gasteiger partial charge < -0.3 is 27.9 Å². The molecule has 0 heterocycles. The molecule has 422 valence electrons. The normalized spacial score (nSPS) is 14.8. The predicted molar refractivity (Wildman–Crippen MR) is 322 cm³/mol. The lowest BCUT2D eigenvalue weighted by molar-refractivity contribution is -0.870. The number of carbonyl (C=O) groups is 2. The number of likely N-dealkylation sites (N-methyl/N-ethyl adjacent to an activating group) is 1. The summed E-state index contributed by atoms with van der Waals surface area (Å²) < 4.78 is 33.9. The lowest BCUT2D eigenvalue weighted by atomic mass is 10.2. The smallest absolute Gasteiger partial charge is 0.306 e. The molecule has 0 rings (SSSR count). The first kappa shape index (κ1) is 70.8. The summed E-state index contributed by atoms with van der Waals surface area (Å²) in [5, 5.41) is 0. The van der Waals surface area contributed by atoms with Gasteiger partial charge in [-0.2, -0.15) is 0 Å². The molecule has 9 nitrogen and oxygen atoms in total. The Balaban J connectivity index is 4.42. The van der Waals surface area contributed by atoms with Crippen molar-refractivity contribution in [3.05, 3.63) is 194 Å². The first-order valence-electron chi connectivity index (χ1n) is 28.1. The molecule has 0 amide bonds. The average molecular weight is 1070 g/mol. The third kappa shape index (κ3) is 58.1. The van der Waals surface area contributed by atoms with Crippen LogP contribution in [-0.4, -0.2) is 70.0 Å². The number of unbranched alkanes of at least 4 members (excludes halogenated alkanes) is 2. The van der Waals surface area contributed by atoms with Crippen molar-refractivity contribution in [3.8, 4) is 0 Å². The second-order valence-electron chi connectivity index (χ2n) is 18.8. The Morgan fingerprint density at radius 3 is 1.05 bits per heavy atom. The molecular weight excluding hydrogens is 966 g/mol. The van der Waals surface area contributed by atoms with Crippen LogP contribution >= 0.6 is 7.82 Å². The summed E-state index contributed by atoms with van der Waals surface area (Å²) in [4.78, 5) is 37.8. The number of nitrogens with zero attached hydrogens (tertiary/aromatic N) is 1. The highest BCUT2D eigenvalue weighted by Crippen LogP contribution is 2.38. The molecule has 76 heavy (non-hydrogen) atoms. The summed E-state index contributed by atoms with van der Waals surface area (Å²) in [6.45, 7) is 3.82. The van der Waals surface area contributed by atoms with Gasteiger partial charge in [-0.05, 0) is 128 Å². The summed E-state index contributed by atoms with van der Waals surface area (Å²) in [5.41, 5.74) is 0. The van der Waals surface area contributed by atoms with E-state index in [1.54, 1.807) is 0 Å². The van der Waals surface area contributed by atoms with E-state index in [4.69, 9.17) is 18.5 Å². The molecule has 2 atom stereocenters. The number of allylic oxidation sites excluding steroid dienone is 32. The lowest BCUT2D eigenvalue weighted by Crippen LogP contribution is -2.37. The summed E-state index contributed by atoms with van der Waals surface area (Å²) in [5.74, 6) is -1.01. The molecule has 0 aliphatic carbocycles. The summed E-state index contributed by atoms with van der Waals surface area (Å²) in [6.07, 6.45) is 86.4. The van der Waals surface area contributed by atoms with Crippen LogP contribution in [0.4, 0.5) is 0 Å². The van der Waals surface area contributed by atoms with Crippen molar-refractivity contribution in [3.63, 3.8) is 0 Å². The molecule has 0 aliphatic rings. The topological polar surface area (TPSA) is 111 Å². The maximum Gasteiger partial charge on any atom is 0.306 e. The van der Waals surface area contributed by atoms with Gasteiger partial charge in [-0.15, -0.1) is 0 Å². The molecule has 0 radical (unpaired) electrons. The van der Waals surface area contributed by atoms with E-state index < -0.39 is 32.5 Å². The third-order valence-corrected chi connectivity index (χ3v) is 11.6. The number of quaternary nitrogens is 1. The van der Waals surface area contributed by atoms with Gasteiger partial charge in [0.25, 0.3) is 7.82 Å². The van der Waals surface area contributed by atoms with E-state index in [-0.39, 0.29) is 26.1 Å². The van der Waals surface area contributed by atoms with Gasteiger partial charge >= 0.3 is 11.9 Å². The molecule has 0 fully saturated rings. The molecule has 0 saturated carbocycles. The van der Waals surface area contributed by atoms with E-state index in [0.717, 1.165) is 116 Å². The van der Waals surface area contributed by atoms with Gasteiger partial charge in [0.15, 0.2) is 6.10 Å². The first-order chi connectivity index (χ1) is 37.0. The van der Waals surface area contributed by atoms with E-state index in [9.17, 15) is 19.0 Å². The minimum atomic E-state index is -4.68. The van der Waals surface area contributed by atoms with Crippen LogP contribution in [0.5, 0.6) is 0 Å². The zero-order valence-corrected chi connectivity index (χ0v) is 48.5. The zero-order valence-electron chi connectivity index (χ0n) is 47.6. The standard InChI is InChI=1S/C66H100NO8P/c1-6-8-10-12-14-16-18-20-22-24-26-27-28-29-30-31-32-33-34-35-36-37-38-39-41-43-45-47-49-51-53-55-57-59-66(69)75-64(63-74-76(70,71)73-61-60-67(3,4)5)62-72-65(68)58-56-54-52-50-48-46-44-42-40-25-23-21-19-17-15-13-11-9-7-2/h8-11,14-17,20-23,26-27,29-30,32-33,35-36,38-40,42-43,45-46,48-49,51-52,54,64H,6-7,12-13,18-19,24-25,28,31,34,37,41,44,47,50,53,55-63H2,1-5H3/b10-8-,11-9-,16-14-,17-15-,22-20-,23-21-,27-26-,30-29-,33-32-,36-35-,39-38-,42-40-,45-43-,48-46-,51-49-,54-52-. The van der Waals surface area contributed by atoms with E-state index in [0.29, 0.717) is 23.9 Å². The Bertz CT molecular complexity index is 1980. The maximum atomic E-state index is 12.8. The monoisotopic (exact) mass is 1070 g/mol. The number of phosphoric acid groups is 1. The number of hydrogen-bond donors (Lipinski definition) is 0. The predicted octanol–water partition coefficient (Wildman–Crippen LogP) is 17.2. The Kier molecular flexibility index (Phi) is 50.9. The van der Waals surface area contributed by atoms with Crippen LogP contribution in [0.2, 0.25) is 0 Å². The van der Waals surface area contributed by atoms with Gasteiger partial charge in [0.05, 0.1) is 27.7 Å². The maximum absolute atomic E-state index is 12.8. The fourth-order valence-electron chi connectivity index (χ4n) is 6.35. The van der Waals surface area contributed by atoms with Crippen molar-refractivity contribution in [1.82, 2.24) is 0 Å². The number of esters is 2. The van der Waals surface area contributed by atoms with Crippen LogP contribution in [0, 0.1) is 0 Å². The van der Waals surface area contributed by atoms with E-state index in [1.165, 1.54) is 0 Å². The van der Waals surface area contributed by atoms with Gasteiger partial charge in [0.2, 0.25) is 0 Å². The molecule has 0 aliphatic heterocycles. The van der Waals surface area contributed by atoms with Crippen LogP contribution in [-0.2, 0) is 32.7 Å². The number of hydrogen-bond acceptors (Lipinski definition) is 8. The largest absolute Gasteiger partial charge is 0.756 e. The second-order valence-corrected chi connectivity index (χ2v) is 20.2. The molecule has 10 heteroatoms. The fraction of sp³-hybridized carbons (Fsp3) is 0.485. The number of rotatable bonds is 48. The Morgan fingerprint density at radius 1 is 0.408 bits per heavy atom. The second kappa shape index (κ2) is 54.6. The highest BCUT2D eigenvalue weighted by molar-refractivity contribution is 7.45. The van der Waals surface area contributed by atoms with E-state index in [2.05, 4.69) is 196 Å². The van der Waals surface area contributed by atoms with Gasteiger partial charge in [0.1, 0.15) is 19.8 Å². The molecule has 0 aromatic heterocycles. The van der Waals surface area contributed by atoms with Crippen molar-refractivity contribution in [2.75, 3.05) is 47.5 Å². The highest BCUT2D eigenvalue weighted by Gasteiger charge is 2.21. The van der Waals surface area contributed by atoms with Gasteiger partial charge in [-0.1, -0.05) is 208 Å². The Labute approximate surface area is 463 Å². The van der Waals surface area contributed by atoms with Crippen molar-refractivity contribution in [2.45, 2.75) is 161 Å². The molecule has 0 aromatic rings. The Hall–Kier alpha value is -5.15. The van der Waals surface area contributed by atoms with Gasteiger partial charge in [-0.25, -0.2) is 0 Å². The molecule has 2 unspecified atom stereocenters. The summed E-state index contributed by atoms with van der Waals surface area (Å²) >= 11 is 0. The fourth-order valence-corrected chi connectivity index (χ4v) is 7.08. The third-order valence-electron chi connectivity index (χ3n) is 10.6. The SMILES string of the molecule is CC/C=C\C/C=C\C/C=C\C/C=C\C/C=C\C/C=C\C/C=C\C/C=C\C/C=C\C/C=C\CCCCC(=O)OC(COC(=O)CC/C=C\C/C=C\C/C=C\C/C=C\C/C=C\C/C=C\CC)COP(=O)([O-])OCC[N+](C)(C)C. The van der Waals surface area contributed by atoms with Crippen LogP contribution in [0.15, 0.2) is 194 Å². The Morgan fingerprint density at radius 2 is 0.724 bits per heavy atom. The van der Waals surface area contributed by atoms with Crippen molar-refractivity contribution < 1.29 is 42.1 Å². The molecule has 0 bridgehead atoms. The van der Waals surface area contributed by atoms with Gasteiger partial charge in [0, 0.05) is 12.8 Å². The number of ether oxygens (including phenoxy) is 2. The average Bonchev–Trinajstić information content (AvgIpc) is 3.38. The van der Waals surface area contributed by atoms with Crippen molar-refractivity contribution in [1.29, 1.82) is 0 Å². The van der Waals surface area contributed by atoms with Crippen molar-refractivity contribution in [2.24, 2.45) is 0 Å². The first-order valence-corrected chi connectivity index (χ1v) is 29.6. The van der Waals surface area contributed by atoms with Crippen LogP contribution < -0.4 is 4.89 Å². The van der Waals surface area contributed by atoms with Crippen LogP contribution in [0.1, 0.15) is 155 Å². The minimum absolute atomic E-state index is 0.0634. The number of carbonyl (C=O) groups excluding carboxylic acids is 2. The number of phosphoric ester groups is 1. The molecular formula is C66H100NO8P. The van der Waals surface area contributed by atoms with Crippen LogP contribution in [0.25, 0.3) is 0 Å². The molecule has 0 N–H and O–H groups in total. The van der Waals surface area contributed by atoms with Crippen molar-refractivity contribution >= 4 is 19.8 Å². The molecule has 0 aromatic carbocycles. The lowest BCUT2D eigenvalue weighted by Gasteiger charge is -2.28. The van der Waals surface area contributed by atoms with E-state index >= 15 is 0 Å². The molecule has 0 spiro atoms. The summed E-state index contributed by atoms with van der Waals surface area (Å²) in [6, 6.07) is 0. The minimum Gasteiger partial charge on any atom is -0.756 e. The molecule has 0 saturated heterocycles.